The van der Waals surface area contributed by atoms with Crippen molar-refractivity contribution in [3.8, 4) is 0 Å². The van der Waals surface area contributed by atoms with Crippen LogP contribution in [0.4, 0.5) is 0 Å². The van der Waals surface area contributed by atoms with E-state index >= 15 is 0 Å². The van der Waals surface area contributed by atoms with E-state index in [4.69, 9.17) is 0 Å². The Morgan fingerprint density at radius 1 is 1.38 bits per heavy atom. The van der Waals surface area contributed by atoms with Crippen LogP contribution in [0, 0.1) is 11.8 Å². The zero-order valence-corrected chi connectivity index (χ0v) is 11.7. The molecule has 1 unspecified atom stereocenters. The maximum absolute atomic E-state index is 12.1. The molecule has 0 aliphatic carbocycles. The van der Waals surface area contributed by atoms with Gasteiger partial charge in [-0.05, 0) is 24.7 Å². The first-order chi connectivity index (χ1) is 7.56. The Kier molecular flexibility index (Phi) is 5.67. The van der Waals surface area contributed by atoms with Crippen LogP contribution < -0.4 is 0 Å². The first-order valence-electron chi connectivity index (χ1n) is 6.53. The average molecular weight is 243 g/mol. The lowest BCUT2D eigenvalue weighted by Gasteiger charge is -2.34. The SMILES string of the molecule is CCCC1CCN(C(=O)C(S)C(C)C)CC1. The van der Waals surface area contributed by atoms with Crippen LogP contribution in [0.15, 0.2) is 0 Å². The summed E-state index contributed by atoms with van der Waals surface area (Å²) in [6, 6.07) is 0. The van der Waals surface area contributed by atoms with Crippen molar-refractivity contribution in [2.75, 3.05) is 13.1 Å². The molecule has 0 radical (unpaired) electrons. The second-order valence-electron chi connectivity index (χ2n) is 5.25. The Bertz CT molecular complexity index is 222. The summed E-state index contributed by atoms with van der Waals surface area (Å²) in [6.07, 6.45) is 4.94. The number of likely N-dealkylation sites (tertiary alicyclic amines) is 1. The third-order valence-electron chi connectivity index (χ3n) is 3.51. The smallest absolute Gasteiger partial charge is 0.235 e. The molecule has 0 aromatic heterocycles. The van der Waals surface area contributed by atoms with Gasteiger partial charge in [0, 0.05) is 13.1 Å². The van der Waals surface area contributed by atoms with Gasteiger partial charge in [-0.1, -0.05) is 33.6 Å². The number of nitrogens with zero attached hydrogens (tertiary/aromatic N) is 1. The van der Waals surface area contributed by atoms with Crippen LogP contribution in [0.25, 0.3) is 0 Å². The standard InChI is InChI=1S/C13H25NOS/c1-4-5-11-6-8-14(9-7-11)13(15)12(16)10(2)3/h10-12,16H,4-9H2,1-3H3. The molecular formula is C13H25NOS. The Morgan fingerprint density at radius 2 is 1.94 bits per heavy atom. The molecule has 0 saturated carbocycles. The Morgan fingerprint density at radius 3 is 2.38 bits per heavy atom. The van der Waals surface area contributed by atoms with Gasteiger partial charge in [-0.15, -0.1) is 0 Å². The van der Waals surface area contributed by atoms with Gasteiger partial charge in [-0.25, -0.2) is 0 Å². The van der Waals surface area contributed by atoms with Crippen LogP contribution in [-0.4, -0.2) is 29.1 Å². The van der Waals surface area contributed by atoms with Crippen LogP contribution in [-0.2, 0) is 4.79 Å². The predicted octanol–water partition coefficient (Wildman–Crippen LogP) is 2.98. The molecular weight excluding hydrogens is 218 g/mol. The fourth-order valence-electron chi connectivity index (χ4n) is 2.32. The minimum absolute atomic E-state index is 0.122. The second-order valence-corrected chi connectivity index (χ2v) is 5.80. The van der Waals surface area contributed by atoms with Gasteiger partial charge in [0.05, 0.1) is 5.25 Å². The number of hydrogen-bond acceptors (Lipinski definition) is 2. The van der Waals surface area contributed by atoms with E-state index in [1.807, 2.05) is 4.90 Å². The van der Waals surface area contributed by atoms with Crippen LogP contribution >= 0.6 is 12.6 Å². The highest BCUT2D eigenvalue weighted by atomic mass is 32.1. The summed E-state index contributed by atoms with van der Waals surface area (Å²) in [5.41, 5.74) is 0. The monoisotopic (exact) mass is 243 g/mol. The summed E-state index contributed by atoms with van der Waals surface area (Å²) in [4.78, 5) is 14.1. The number of amides is 1. The fraction of sp³-hybridized carbons (Fsp3) is 0.923. The number of thiol groups is 1. The summed E-state index contributed by atoms with van der Waals surface area (Å²) in [5.74, 6) is 1.39. The third-order valence-corrected chi connectivity index (χ3v) is 4.32. The highest BCUT2D eigenvalue weighted by Gasteiger charge is 2.27. The second kappa shape index (κ2) is 6.53. The molecule has 1 aliphatic heterocycles. The van der Waals surface area contributed by atoms with E-state index in [9.17, 15) is 4.79 Å². The zero-order valence-electron chi connectivity index (χ0n) is 10.8. The van der Waals surface area contributed by atoms with E-state index in [1.54, 1.807) is 0 Å². The van der Waals surface area contributed by atoms with E-state index in [1.165, 1.54) is 25.7 Å². The number of rotatable bonds is 4. The lowest BCUT2D eigenvalue weighted by atomic mass is 9.92. The largest absolute Gasteiger partial charge is 0.342 e. The van der Waals surface area contributed by atoms with Crippen molar-refractivity contribution < 1.29 is 4.79 Å². The molecule has 0 spiro atoms. The first-order valence-corrected chi connectivity index (χ1v) is 7.04. The van der Waals surface area contributed by atoms with Gasteiger partial charge in [0.25, 0.3) is 0 Å². The number of carbonyl (C=O) groups excluding carboxylic acids is 1. The molecule has 1 fully saturated rings. The Labute approximate surface area is 105 Å². The number of hydrogen-bond donors (Lipinski definition) is 1. The third kappa shape index (κ3) is 3.69. The van der Waals surface area contributed by atoms with E-state index < -0.39 is 0 Å². The predicted molar refractivity (Wildman–Crippen MR) is 71.8 cm³/mol. The highest BCUT2D eigenvalue weighted by molar-refractivity contribution is 7.81. The summed E-state index contributed by atoms with van der Waals surface area (Å²) in [5, 5.41) is -0.122. The molecule has 3 heteroatoms. The summed E-state index contributed by atoms with van der Waals surface area (Å²) >= 11 is 4.40. The van der Waals surface area contributed by atoms with E-state index in [0.717, 1.165) is 19.0 Å². The molecule has 1 heterocycles. The number of carbonyl (C=O) groups is 1. The minimum Gasteiger partial charge on any atom is -0.342 e. The van der Waals surface area contributed by atoms with E-state index in [-0.39, 0.29) is 11.2 Å². The van der Waals surface area contributed by atoms with Gasteiger partial charge in [-0.2, -0.15) is 12.6 Å². The van der Waals surface area contributed by atoms with Crippen LogP contribution in [0.5, 0.6) is 0 Å². The highest BCUT2D eigenvalue weighted by Crippen LogP contribution is 2.23. The number of piperidine rings is 1. The molecule has 1 atom stereocenters. The molecule has 0 aromatic rings. The summed E-state index contributed by atoms with van der Waals surface area (Å²) < 4.78 is 0. The van der Waals surface area contributed by atoms with Crippen LogP contribution in [0.1, 0.15) is 46.5 Å². The zero-order chi connectivity index (χ0) is 12.1. The minimum atomic E-state index is -0.122. The van der Waals surface area contributed by atoms with Gasteiger partial charge in [-0.3, -0.25) is 4.79 Å². The Balaban J connectivity index is 2.38. The summed E-state index contributed by atoms with van der Waals surface area (Å²) in [6.45, 7) is 8.22. The van der Waals surface area contributed by atoms with Gasteiger partial charge in [0.1, 0.15) is 0 Å². The quantitative estimate of drug-likeness (QED) is 0.753. The van der Waals surface area contributed by atoms with Gasteiger partial charge in [0.15, 0.2) is 0 Å². The molecule has 1 aliphatic rings. The van der Waals surface area contributed by atoms with Crippen molar-refractivity contribution in [3.05, 3.63) is 0 Å². The maximum Gasteiger partial charge on any atom is 0.235 e. The average Bonchev–Trinajstić information content (AvgIpc) is 2.28. The van der Waals surface area contributed by atoms with Crippen molar-refractivity contribution in [3.63, 3.8) is 0 Å². The molecule has 0 N–H and O–H groups in total. The lowest BCUT2D eigenvalue weighted by Crippen LogP contribution is -2.43. The molecule has 94 valence electrons. The normalized spacial score (nSPS) is 20.2. The molecule has 0 bridgehead atoms. The molecule has 2 nitrogen and oxygen atoms in total. The summed E-state index contributed by atoms with van der Waals surface area (Å²) in [7, 11) is 0. The first kappa shape index (κ1) is 13.9. The topological polar surface area (TPSA) is 20.3 Å². The fourth-order valence-corrected chi connectivity index (χ4v) is 2.49. The van der Waals surface area contributed by atoms with Crippen LogP contribution in [0.3, 0.4) is 0 Å². The molecule has 0 aromatic carbocycles. The molecule has 1 amide bonds. The van der Waals surface area contributed by atoms with Crippen molar-refractivity contribution in [1.29, 1.82) is 0 Å². The van der Waals surface area contributed by atoms with Gasteiger partial charge in [0.2, 0.25) is 5.91 Å². The van der Waals surface area contributed by atoms with Crippen LogP contribution in [0.2, 0.25) is 0 Å². The van der Waals surface area contributed by atoms with Gasteiger partial charge >= 0.3 is 0 Å². The lowest BCUT2D eigenvalue weighted by molar-refractivity contribution is -0.132. The maximum atomic E-state index is 12.1. The van der Waals surface area contributed by atoms with E-state index in [0.29, 0.717) is 5.92 Å². The van der Waals surface area contributed by atoms with Crippen molar-refractivity contribution >= 4 is 18.5 Å². The van der Waals surface area contributed by atoms with Crippen molar-refractivity contribution in [2.24, 2.45) is 11.8 Å². The van der Waals surface area contributed by atoms with Gasteiger partial charge < -0.3 is 4.90 Å². The molecule has 16 heavy (non-hydrogen) atoms. The van der Waals surface area contributed by atoms with Crippen molar-refractivity contribution in [2.45, 2.75) is 51.7 Å². The molecule has 1 rings (SSSR count). The Hall–Kier alpha value is -0.180. The van der Waals surface area contributed by atoms with Crippen molar-refractivity contribution in [1.82, 2.24) is 4.90 Å². The molecule has 1 saturated heterocycles. The van der Waals surface area contributed by atoms with E-state index in [2.05, 4.69) is 33.4 Å².